The zero-order chi connectivity index (χ0) is 13.1. The van der Waals surface area contributed by atoms with Crippen LogP contribution < -0.4 is 10.5 Å². The van der Waals surface area contributed by atoms with Crippen LogP contribution in [0, 0.1) is 5.82 Å². The number of hydrogen-bond acceptors (Lipinski definition) is 3. The van der Waals surface area contributed by atoms with Crippen molar-refractivity contribution in [3.05, 3.63) is 34.4 Å². The SMILES string of the molecule is CCOc1ccc(-c2nc(CN)[nH]c2Br)cc1F. The number of rotatable bonds is 4. The van der Waals surface area contributed by atoms with Crippen LogP contribution in [0.2, 0.25) is 0 Å². The van der Waals surface area contributed by atoms with Gasteiger partial charge in [-0.15, -0.1) is 0 Å². The van der Waals surface area contributed by atoms with Crippen molar-refractivity contribution in [1.82, 2.24) is 9.97 Å². The molecule has 0 saturated carbocycles. The Morgan fingerprint density at radius 3 is 2.83 bits per heavy atom. The number of aromatic nitrogens is 2. The highest BCUT2D eigenvalue weighted by molar-refractivity contribution is 9.10. The number of H-pyrrole nitrogens is 1. The number of aromatic amines is 1. The van der Waals surface area contributed by atoms with E-state index in [9.17, 15) is 4.39 Å². The van der Waals surface area contributed by atoms with Crippen molar-refractivity contribution < 1.29 is 9.13 Å². The molecule has 0 saturated heterocycles. The Balaban J connectivity index is 2.38. The van der Waals surface area contributed by atoms with E-state index >= 15 is 0 Å². The first-order valence-electron chi connectivity index (χ1n) is 5.52. The summed E-state index contributed by atoms with van der Waals surface area (Å²) in [6.07, 6.45) is 0. The lowest BCUT2D eigenvalue weighted by molar-refractivity contribution is 0.321. The molecule has 0 aliphatic heterocycles. The lowest BCUT2D eigenvalue weighted by Crippen LogP contribution is -1.98. The Bertz CT molecular complexity index is 556. The molecule has 4 nitrogen and oxygen atoms in total. The standard InChI is InChI=1S/C12H13BrFN3O/c1-2-18-9-4-3-7(5-8(9)14)11-12(13)17-10(6-15)16-11/h3-5H,2,6,15H2,1H3,(H,16,17). The molecule has 1 aromatic heterocycles. The molecule has 0 amide bonds. The minimum atomic E-state index is -0.404. The highest BCUT2D eigenvalue weighted by Gasteiger charge is 2.12. The van der Waals surface area contributed by atoms with Crippen LogP contribution in [0.4, 0.5) is 4.39 Å². The summed E-state index contributed by atoms with van der Waals surface area (Å²) in [5.41, 5.74) is 6.80. The van der Waals surface area contributed by atoms with Crippen molar-refractivity contribution in [1.29, 1.82) is 0 Å². The van der Waals surface area contributed by atoms with E-state index in [4.69, 9.17) is 10.5 Å². The van der Waals surface area contributed by atoms with Gasteiger partial charge in [0.05, 0.1) is 13.2 Å². The van der Waals surface area contributed by atoms with Crippen LogP contribution in [-0.4, -0.2) is 16.6 Å². The van der Waals surface area contributed by atoms with Crippen molar-refractivity contribution in [3.8, 4) is 17.0 Å². The number of nitrogens with one attached hydrogen (secondary N) is 1. The molecule has 3 N–H and O–H groups in total. The van der Waals surface area contributed by atoms with E-state index in [1.54, 1.807) is 12.1 Å². The molecule has 6 heteroatoms. The first-order valence-corrected chi connectivity index (χ1v) is 6.32. The molecule has 1 aromatic carbocycles. The fourth-order valence-electron chi connectivity index (χ4n) is 1.61. The van der Waals surface area contributed by atoms with Crippen molar-refractivity contribution in [2.75, 3.05) is 6.61 Å². The number of nitrogens with zero attached hydrogens (tertiary/aromatic N) is 1. The highest BCUT2D eigenvalue weighted by Crippen LogP contribution is 2.29. The van der Waals surface area contributed by atoms with E-state index in [0.717, 1.165) is 0 Å². The van der Waals surface area contributed by atoms with Crippen LogP contribution in [-0.2, 0) is 6.54 Å². The van der Waals surface area contributed by atoms with Crippen molar-refractivity contribution >= 4 is 15.9 Å². The third kappa shape index (κ3) is 2.54. The topological polar surface area (TPSA) is 63.9 Å². The maximum atomic E-state index is 13.7. The Morgan fingerprint density at radius 2 is 2.28 bits per heavy atom. The monoisotopic (exact) mass is 313 g/mol. The first kappa shape index (κ1) is 13.0. The lowest BCUT2D eigenvalue weighted by atomic mass is 10.1. The van der Waals surface area contributed by atoms with Gasteiger partial charge in [0.25, 0.3) is 0 Å². The molecule has 0 radical (unpaired) electrons. The third-order valence-corrected chi connectivity index (χ3v) is 2.98. The van der Waals surface area contributed by atoms with Crippen molar-refractivity contribution in [3.63, 3.8) is 0 Å². The van der Waals surface area contributed by atoms with Crippen LogP contribution >= 0.6 is 15.9 Å². The Morgan fingerprint density at radius 1 is 1.50 bits per heavy atom. The zero-order valence-corrected chi connectivity index (χ0v) is 11.4. The highest BCUT2D eigenvalue weighted by atomic mass is 79.9. The van der Waals surface area contributed by atoms with E-state index in [1.807, 2.05) is 6.92 Å². The van der Waals surface area contributed by atoms with E-state index in [-0.39, 0.29) is 5.75 Å². The van der Waals surface area contributed by atoms with Gasteiger partial charge in [-0.2, -0.15) is 0 Å². The molecule has 1 heterocycles. The molecule has 2 rings (SSSR count). The number of imidazole rings is 1. The maximum Gasteiger partial charge on any atom is 0.165 e. The molecule has 0 bridgehead atoms. The van der Waals surface area contributed by atoms with Gasteiger partial charge < -0.3 is 15.5 Å². The van der Waals surface area contributed by atoms with E-state index in [2.05, 4.69) is 25.9 Å². The molecule has 96 valence electrons. The van der Waals surface area contributed by atoms with Crippen LogP contribution in [0.5, 0.6) is 5.75 Å². The summed E-state index contributed by atoms with van der Waals surface area (Å²) >= 11 is 3.34. The van der Waals surface area contributed by atoms with Crippen LogP contribution in [0.1, 0.15) is 12.7 Å². The van der Waals surface area contributed by atoms with Crippen molar-refractivity contribution in [2.45, 2.75) is 13.5 Å². The summed E-state index contributed by atoms with van der Waals surface area (Å²) in [6, 6.07) is 4.75. The molecule has 18 heavy (non-hydrogen) atoms. The van der Waals surface area contributed by atoms with Gasteiger partial charge in [-0.05, 0) is 41.1 Å². The molecular weight excluding hydrogens is 301 g/mol. The number of halogens is 2. The smallest absolute Gasteiger partial charge is 0.165 e. The number of benzene rings is 1. The van der Waals surface area contributed by atoms with Crippen LogP contribution in [0.25, 0.3) is 11.3 Å². The number of nitrogens with two attached hydrogens (primary N) is 1. The Kier molecular flexibility index (Phi) is 3.98. The second-order valence-corrected chi connectivity index (χ2v) is 4.42. The average Bonchev–Trinajstić information content (AvgIpc) is 2.73. The third-order valence-electron chi connectivity index (χ3n) is 2.41. The summed E-state index contributed by atoms with van der Waals surface area (Å²) in [4.78, 5) is 7.26. The van der Waals surface area contributed by atoms with Crippen LogP contribution in [0.15, 0.2) is 22.8 Å². The summed E-state index contributed by atoms with van der Waals surface area (Å²) in [7, 11) is 0. The van der Waals surface area contributed by atoms with Gasteiger partial charge in [0.15, 0.2) is 11.6 Å². The molecular formula is C12H13BrFN3O. The van der Waals surface area contributed by atoms with Crippen molar-refractivity contribution in [2.24, 2.45) is 5.73 Å². The van der Waals surface area contributed by atoms with E-state index in [0.29, 0.717) is 34.8 Å². The molecule has 0 aliphatic rings. The average molecular weight is 314 g/mol. The second-order valence-electron chi connectivity index (χ2n) is 3.63. The molecule has 0 aliphatic carbocycles. The minimum absolute atomic E-state index is 0.243. The molecule has 0 atom stereocenters. The van der Waals surface area contributed by atoms with Gasteiger partial charge in [0, 0.05) is 5.56 Å². The first-order chi connectivity index (χ1) is 8.65. The fourth-order valence-corrected chi connectivity index (χ4v) is 2.15. The number of hydrogen-bond donors (Lipinski definition) is 2. The second kappa shape index (κ2) is 5.49. The molecule has 2 aromatic rings. The largest absolute Gasteiger partial charge is 0.491 e. The molecule has 0 fully saturated rings. The predicted molar refractivity (Wildman–Crippen MR) is 70.7 cm³/mol. The van der Waals surface area contributed by atoms with Gasteiger partial charge in [-0.3, -0.25) is 0 Å². The molecule has 0 unspecified atom stereocenters. The van der Waals surface area contributed by atoms with Gasteiger partial charge in [-0.25, -0.2) is 9.37 Å². The van der Waals surface area contributed by atoms with Gasteiger partial charge in [0.2, 0.25) is 0 Å². The maximum absolute atomic E-state index is 13.7. The van der Waals surface area contributed by atoms with Gasteiger partial charge >= 0.3 is 0 Å². The minimum Gasteiger partial charge on any atom is -0.491 e. The fraction of sp³-hybridized carbons (Fsp3) is 0.250. The van der Waals surface area contributed by atoms with Gasteiger partial charge in [-0.1, -0.05) is 0 Å². The Labute approximate surface area is 112 Å². The quantitative estimate of drug-likeness (QED) is 0.912. The van der Waals surface area contributed by atoms with Gasteiger partial charge in [0.1, 0.15) is 16.1 Å². The van der Waals surface area contributed by atoms with Crippen LogP contribution in [0.3, 0.4) is 0 Å². The zero-order valence-electron chi connectivity index (χ0n) is 9.84. The lowest BCUT2D eigenvalue weighted by Gasteiger charge is -2.05. The summed E-state index contributed by atoms with van der Waals surface area (Å²) < 4.78 is 19.6. The predicted octanol–water partition coefficient (Wildman–Crippen LogP) is 2.84. The normalized spacial score (nSPS) is 10.7. The van der Waals surface area contributed by atoms with E-state index < -0.39 is 5.82 Å². The Hall–Kier alpha value is -1.40. The van der Waals surface area contributed by atoms with E-state index in [1.165, 1.54) is 6.07 Å². The summed E-state index contributed by atoms with van der Waals surface area (Å²) in [6.45, 7) is 2.54. The summed E-state index contributed by atoms with van der Waals surface area (Å²) in [5, 5.41) is 0. The number of ether oxygens (including phenoxy) is 1. The molecule has 0 spiro atoms. The summed E-state index contributed by atoms with van der Waals surface area (Å²) in [5.74, 6) is 0.483.